The molecule has 86 valence electrons. The minimum Gasteiger partial charge on any atom is -0.216 e. The third-order valence-electron chi connectivity index (χ3n) is 3.65. The normalized spacial score (nSPS) is 17.1. The molecule has 1 fully saturated rings. The molecule has 0 unspecified atom stereocenters. The van der Waals surface area contributed by atoms with E-state index in [9.17, 15) is 0 Å². The Morgan fingerprint density at radius 3 is 2.53 bits per heavy atom. The highest BCUT2D eigenvalue weighted by Gasteiger charge is 2.49. The van der Waals surface area contributed by atoms with Crippen molar-refractivity contribution >= 4 is 5.78 Å². The summed E-state index contributed by atoms with van der Waals surface area (Å²) in [5.41, 5.74) is 2.69. The van der Waals surface area contributed by atoms with Crippen LogP contribution < -0.4 is 0 Å². The maximum Gasteiger partial charge on any atom is 0.252 e. The summed E-state index contributed by atoms with van der Waals surface area (Å²) in [6.45, 7) is 5.99. The molecule has 0 amide bonds. The fourth-order valence-electron chi connectivity index (χ4n) is 1.97. The molecule has 0 N–H and O–H groups in total. The van der Waals surface area contributed by atoms with Crippen LogP contribution in [0.15, 0.2) is 0 Å². The lowest BCUT2D eigenvalue weighted by Gasteiger charge is -2.04. The molecule has 17 heavy (non-hydrogen) atoms. The van der Waals surface area contributed by atoms with Gasteiger partial charge >= 0.3 is 0 Å². The number of hydrogen-bond acceptors (Lipinski definition) is 4. The van der Waals surface area contributed by atoms with E-state index in [1.807, 2.05) is 20.8 Å². The molecule has 2 aromatic rings. The fraction of sp³-hybridized carbons (Fsp3) is 0.500. The number of aryl methyl sites for hydroxylation is 2. The second-order valence-electron chi connectivity index (χ2n) is 4.75. The molecule has 0 saturated heterocycles. The first-order chi connectivity index (χ1) is 8.07. The summed E-state index contributed by atoms with van der Waals surface area (Å²) in [6.07, 6.45) is 1.72. The highest BCUT2D eigenvalue weighted by atomic mass is 15.3. The number of nitrogens with zero attached hydrogens (tertiary/aromatic N) is 5. The van der Waals surface area contributed by atoms with E-state index >= 15 is 0 Å². The van der Waals surface area contributed by atoms with Gasteiger partial charge in [0.15, 0.2) is 5.82 Å². The van der Waals surface area contributed by atoms with E-state index in [2.05, 4.69) is 21.1 Å². The quantitative estimate of drug-likeness (QED) is 0.742. The number of aromatic nitrogens is 4. The van der Waals surface area contributed by atoms with Gasteiger partial charge in [0.2, 0.25) is 0 Å². The Bertz CT molecular complexity index is 658. The minimum atomic E-state index is -0.443. The predicted octanol–water partition coefficient (Wildman–Crippen LogP) is 1.60. The summed E-state index contributed by atoms with van der Waals surface area (Å²) >= 11 is 0. The summed E-state index contributed by atoms with van der Waals surface area (Å²) in [6, 6.07) is 2.31. The van der Waals surface area contributed by atoms with Crippen LogP contribution in [0, 0.1) is 32.1 Å². The lowest BCUT2D eigenvalue weighted by atomic mass is 10.1. The van der Waals surface area contributed by atoms with Gasteiger partial charge < -0.3 is 0 Å². The van der Waals surface area contributed by atoms with E-state index in [-0.39, 0.29) is 0 Å². The highest BCUT2D eigenvalue weighted by molar-refractivity contribution is 5.39. The van der Waals surface area contributed by atoms with Crippen molar-refractivity contribution in [3.63, 3.8) is 0 Å². The number of rotatable bonds is 1. The summed E-state index contributed by atoms with van der Waals surface area (Å²) in [4.78, 5) is 8.81. The molecule has 5 heteroatoms. The van der Waals surface area contributed by atoms with Crippen molar-refractivity contribution < 1.29 is 0 Å². The van der Waals surface area contributed by atoms with Crippen LogP contribution in [-0.4, -0.2) is 19.6 Å². The average Bonchev–Trinajstić information content (AvgIpc) is 3.01. The van der Waals surface area contributed by atoms with E-state index in [4.69, 9.17) is 5.26 Å². The van der Waals surface area contributed by atoms with E-state index in [1.165, 1.54) is 0 Å². The first-order valence-corrected chi connectivity index (χ1v) is 5.70. The molecule has 1 aliphatic rings. The van der Waals surface area contributed by atoms with Gasteiger partial charge in [-0.3, -0.25) is 0 Å². The topological polar surface area (TPSA) is 66.9 Å². The Morgan fingerprint density at radius 1 is 1.24 bits per heavy atom. The van der Waals surface area contributed by atoms with Crippen LogP contribution in [0.25, 0.3) is 5.78 Å². The molecular formula is C12H13N5. The summed E-state index contributed by atoms with van der Waals surface area (Å²) in [5, 5.41) is 13.6. The lowest BCUT2D eigenvalue weighted by molar-refractivity contribution is 0.771. The first kappa shape index (κ1) is 10.2. The maximum absolute atomic E-state index is 9.15. The van der Waals surface area contributed by atoms with Gasteiger partial charge in [-0.05, 0) is 39.2 Å². The van der Waals surface area contributed by atoms with Gasteiger partial charge in [-0.15, -0.1) is 5.10 Å². The minimum absolute atomic E-state index is 0.443. The predicted molar refractivity (Wildman–Crippen MR) is 61.5 cm³/mol. The zero-order chi connectivity index (χ0) is 12.2. The molecule has 0 radical (unpaired) electrons. The van der Waals surface area contributed by atoms with Gasteiger partial charge in [0, 0.05) is 11.4 Å². The fourth-order valence-corrected chi connectivity index (χ4v) is 1.97. The van der Waals surface area contributed by atoms with E-state index in [0.717, 1.165) is 29.8 Å². The SMILES string of the molecule is Cc1nc2nc(C3(C#N)CC3)nn2c(C)c1C. The Kier molecular flexibility index (Phi) is 1.82. The van der Waals surface area contributed by atoms with Gasteiger partial charge in [-0.1, -0.05) is 0 Å². The number of nitriles is 1. The van der Waals surface area contributed by atoms with Gasteiger partial charge in [-0.2, -0.15) is 10.2 Å². The smallest absolute Gasteiger partial charge is 0.216 e. The van der Waals surface area contributed by atoms with Crippen molar-refractivity contribution in [2.45, 2.75) is 39.0 Å². The van der Waals surface area contributed by atoms with E-state index < -0.39 is 5.41 Å². The van der Waals surface area contributed by atoms with Crippen LogP contribution in [0.4, 0.5) is 0 Å². The average molecular weight is 227 g/mol. The standard InChI is InChI=1S/C12H13N5/c1-7-8(2)14-11-15-10(12(6-13)4-5-12)16-17(11)9(7)3/h4-5H2,1-3H3. The molecule has 0 spiro atoms. The highest BCUT2D eigenvalue weighted by Crippen LogP contribution is 2.45. The van der Waals surface area contributed by atoms with Crippen LogP contribution in [0.3, 0.4) is 0 Å². The third kappa shape index (κ3) is 1.27. The second kappa shape index (κ2) is 3.04. The summed E-state index contributed by atoms with van der Waals surface area (Å²) in [5.74, 6) is 1.22. The molecule has 2 aromatic heterocycles. The van der Waals surface area contributed by atoms with E-state index in [0.29, 0.717) is 11.6 Å². The summed E-state index contributed by atoms with van der Waals surface area (Å²) < 4.78 is 1.75. The molecule has 0 bridgehead atoms. The third-order valence-corrected chi connectivity index (χ3v) is 3.65. The summed E-state index contributed by atoms with van der Waals surface area (Å²) in [7, 11) is 0. The zero-order valence-corrected chi connectivity index (χ0v) is 10.2. The zero-order valence-electron chi connectivity index (χ0n) is 10.2. The van der Waals surface area contributed by atoms with Gasteiger partial charge in [0.1, 0.15) is 5.41 Å². The molecule has 5 nitrogen and oxygen atoms in total. The van der Waals surface area contributed by atoms with Crippen LogP contribution >= 0.6 is 0 Å². The van der Waals surface area contributed by atoms with Crippen LogP contribution in [0.2, 0.25) is 0 Å². The van der Waals surface area contributed by atoms with E-state index in [1.54, 1.807) is 4.52 Å². The molecule has 3 rings (SSSR count). The Morgan fingerprint density at radius 2 is 1.94 bits per heavy atom. The largest absolute Gasteiger partial charge is 0.252 e. The van der Waals surface area contributed by atoms with Gasteiger partial charge in [0.05, 0.1) is 6.07 Å². The van der Waals surface area contributed by atoms with Crippen molar-refractivity contribution in [1.29, 1.82) is 5.26 Å². The first-order valence-electron chi connectivity index (χ1n) is 5.70. The van der Waals surface area contributed by atoms with Crippen molar-refractivity contribution in [2.24, 2.45) is 0 Å². The number of hydrogen-bond donors (Lipinski definition) is 0. The Hall–Kier alpha value is -1.96. The Labute approximate surface area is 99.1 Å². The monoisotopic (exact) mass is 227 g/mol. The van der Waals surface area contributed by atoms with Crippen LogP contribution in [-0.2, 0) is 5.41 Å². The Balaban J connectivity index is 2.28. The van der Waals surface area contributed by atoms with Crippen LogP contribution in [0.5, 0.6) is 0 Å². The van der Waals surface area contributed by atoms with Crippen molar-refractivity contribution in [3.8, 4) is 6.07 Å². The molecule has 0 aromatic carbocycles. The molecule has 0 aliphatic heterocycles. The molecule has 1 aliphatic carbocycles. The number of fused-ring (bicyclic) bond motifs is 1. The molecule has 0 atom stereocenters. The second-order valence-corrected chi connectivity index (χ2v) is 4.75. The van der Waals surface area contributed by atoms with Gasteiger partial charge in [-0.25, -0.2) is 9.50 Å². The lowest BCUT2D eigenvalue weighted by Crippen LogP contribution is -2.06. The van der Waals surface area contributed by atoms with Crippen molar-refractivity contribution in [1.82, 2.24) is 19.6 Å². The van der Waals surface area contributed by atoms with Crippen molar-refractivity contribution in [3.05, 3.63) is 22.8 Å². The molecule has 1 saturated carbocycles. The maximum atomic E-state index is 9.15. The van der Waals surface area contributed by atoms with Gasteiger partial charge in [0.25, 0.3) is 5.78 Å². The molecule has 2 heterocycles. The van der Waals surface area contributed by atoms with Crippen molar-refractivity contribution in [2.75, 3.05) is 0 Å². The molecular weight excluding hydrogens is 214 g/mol. The van der Waals surface area contributed by atoms with Crippen LogP contribution in [0.1, 0.15) is 35.6 Å².